The van der Waals surface area contributed by atoms with E-state index in [1.807, 2.05) is 6.07 Å². The highest BCUT2D eigenvalue weighted by molar-refractivity contribution is 5.20. The van der Waals surface area contributed by atoms with Crippen LogP contribution in [0.25, 0.3) is 0 Å². The van der Waals surface area contributed by atoms with Gasteiger partial charge in [0.2, 0.25) is 0 Å². The molecule has 0 aliphatic carbocycles. The van der Waals surface area contributed by atoms with Crippen molar-refractivity contribution in [3.63, 3.8) is 0 Å². The highest BCUT2D eigenvalue weighted by Crippen LogP contribution is 2.20. The predicted molar refractivity (Wildman–Crippen MR) is 60.8 cm³/mol. The summed E-state index contributed by atoms with van der Waals surface area (Å²) in [6.07, 6.45) is -6.73. The van der Waals surface area contributed by atoms with Gasteiger partial charge in [-0.1, -0.05) is 18.2 Å². The fourth-order valence-corrected chi connectivity index (χ4v) is 1.76. The molecule has 1 aromatic rings. The van der Waals surface area contributed by atoms with Gasteiger partial charge in [0, 0.05) is 0 Å². The van der Waals surface area contributed by atoms with Gasteiger partial charge in [0.25, 0.3) is 0 Å². The van der Waals surface area contributed by atoms with E-state index in [2.05, 4.69) is 0 Å². The summed E-state index contributed by atoms with van der Waals surface area (Å²) < 4.78 is 10.3. The predicted octanol–water partition coefficient (Wildman–Crippen LogP) is -1.13. The molecule has 100 valence electrons. The van der Waals surface area contributed by atoms with Crippen LogP contribution in [0.15, 0.2) is 30.3 Å². The number of aliphatic hydroxyl groups excluding tert-OH is 4. The topological polar surface area (TPSA) is 99.4 Å². The molecule has 5 atom stereocenters. The number of benzene rings is 1. The van der Waals surface area contributed by atoms with Crippen molar-refractivity contribution in [2.45, 2.75) is 30.7 Å². The van der Waals surface area contributed by atoms with Crippen molar-refractivity contribution in [1.29, 1.82) is 0 Å². The molecule has 6 heteroatoms. The summed E-state index contributed by atoms with van der Waals surface area (Å²) in [5.41, 5.74) is 0. The fourth-order valence-electron chi connectivity index (χ4n) is 1.76. The molecule has 1 heterocycles. The molecule has 1 aliphatic heterocycles. The van der Waals surface area contributed by atoms with Gasteiger partial charge in [-0.05, 0) is 12.1 Å². The van der Waals surface area contributed by atoms with Gasteiger partial charge in [0.1, 0.15) is 36.8 Å². The van der Waals surface area contributed by atoms with Crippen LogP contribution < -0.4 is 4.74 Å². The van der Waals surface area contributed by atoms with Gasteiger partial charge in [-0.3, -0.25) is 0 Å². The molecule has 1 aliphatic rings. The molecule has 0 amide bonds. The van der Waals surface area contributed by atoms with Crippen LogP contribution in [0.5, 0.6) is 5.75 Å². The lowest BCUT2D eigenvalue weighted by Gasteiger charge is -2.38. The van der Waals surface area contributed by atoms with Crippen LogP contribution in [0.4, 0.5) is 0 Å². The molecule has 0 spiro atoms. The Morgan fingerprint density at radius 3 is 2.28 bits per heavy atom. The van der Waals surface area contributed by atoms with Crippen molar-refractivity contribution in [3.05, 3.63) is 30.3 Å². The lowest BCUT2D eigenvalue weighted by atomic mass is 9.99. The van der Waals surface area contributed by atoms with Crippen LogP contribution >= 0.6 is 0 Å². The van der Waals surface area contributed by atoms with Crippen LogP contribution in [0.1, 0.15) is 0 Å². The standard InChI is InChI=1S/C12H16O6/c13-9-8(18-12(16)11(15)10(9)14)6-17-7-4-2-1-3-5-7/h1-5,8-16H,6H2/t8-,9+,10-,11+,12?/m1/s1. The first kappa shape index (κ1) is 13.3. The molecular weight excluding hydrogens is 240 g/mol. The van der Waals surface area contributed by atoms with Gasteiger partial charge < -0.3 is 29.9 Å². The molecular formula is C12H16O6. The molecule has 18 heavy (non-hydrogen) atoms. The van der Waals surface area contributed by atoms with Gasteiger partial charge in [-0.2, -0.15) is 0 Å². The zero-order valence-electron chi connectivity index (χ0n) is 9.59. The zero-order valence-corrected chi connectivity index (χ0v) is 9.59. The minimum absolute atomic E-state index is 0.0357. The second-order valence-electron chi connectivity index (χ2n) is 4.16. The molecule has 1 unspecified atom stereocenters. The smallest absolute Gasteiger partial charge is 0.184 e. The summed E-state index contributed by atoms with van der Waals surface area (Å²) in [6, 6.07) is 8.89. The van der Waals surface area contributed by atoms with Crippen molar-refractivity contribution in [2.75, 3.05) is 6.61 Å². The molecule has 4 N–H and O–H groups in total. The lowest BCUT2D eigenvalue weighted by molar-refractivity contribution is -0.285. The van der Waals surface area contributed by atoms with Crippen LogP contribution in [-0.2, 0) is 4.74 Å². The Morgan fingerprint density at radius 1 is 0.944 bits per heavy atom. The normalized spacial score (nSPS) is 36.3. The zero-order chi connectivity index (χ0) is 13.1. The molecule has 6 nitrogen and oxygen atoms in total. The van der Waals surface area contributed by atoms with Crippen LogP contribution in [0.3, 0.4) is 0 Å². The second-order valence-corrected chi connectivity index (χ2v) is 4.16. The average Bonchev–Trinajstić information content (AvgIpc) is 2.40. The number of ether oxygens (including phenoxy) is 2. The van der Waals surface area contributed by atoms with E-state index in [1.54, 1.807) is 24.3 Å². The third-order valence-electron chi connectivity index (χ3n) is 2.84. The van der Waals surface area contributed by atoms with Crippen LogP contribution in [0.2, 0.25) is 0 Å². The van der Waals surface area contributed by atoms with Crippen molar-refractivity contribution >= 4 is 0 Å². The first-order valence-electron chi connectivity index (χ1n) is 5.65. The van der Waals surface area contributed by atoms with Gasteiger partial charge in [-0.15, -0.1) is 0 Å². The number of hydrogen-bond acceptors (Lipinski definition) is 6. The van der Waals surface area contributed by atoms with Crippen molar-refractivity contribution in [1.82, 2.24) is 0 Å². The summed E-state index contributed by atoms with van der Waals surface area (Å²) in [5, 5.41) is 37.8. The number of aliphatic hydroxyl groups is 4. The Kier molecular flexibility index (Phi) is 4.15. The minimum atomic E-state index is -1.53. The maximum Gasteiger partial charge on any atom is 0.184 e. The Hall–Kier alpha value is -1.18. The third kappa shape index (κ3) is 2.80. The Morgan fingerprint density at radius 2 is 1.61 bits per heavy atom. The van der Waals surface area contributed by atoms with Crippen LogP contribution in [0, 0.1) is 0 Å². The first-order valence-corrected chi connectivity index (χ1v) is 5.65. The van der Waals surface area contributed by atoms with E-state index in [0.717, 1.165) is 0 Å². The summed E-state index contributed by atoms with van der Waals surface area (Å²) in [6.45, 7) is -0.0357. The van der Waals surface area contributed by atoms with E-state index < -0.39 is 30.7 Å². The maximum absolute atomic E-state index is 9.68. The molecule has 0 aromatic heterocycles. The Labute approximate surface area is 104 Å². The summed E-state index contributed by atoms with van der Waals surface area (Å²) in [7, 11) is 0. The second kappa shape index (κ2) is 5.64. The Balaban J connectivity index is 1.93. The first-order chi connectivity index (χ1) is 8.59. The van der Waals surface area contributed by atoms with E-state index in [-0.39, 0.29) is 6.61 Å². The van der Waals surface area contributed by atoms with Gasteiger partial charge in [0.15, 0.2) is 6.29 Å². The summed E-state index contributed by atoms with van der Waals surface area (Å²) >= 11 is 0. The van der Waals surface area contributed by atoms with Crippen molar-refractivity contribution < 1.29 is 29.9 Å². The van der Waals surface area contributed by atoms with E-state index in [0.29, 0.717) is 5.75 Å². The van der Waals surface area contributed by atoms with Crippen molar-refractivity contribution in [2.24, 2.45) is 0 Å². The molecule has 1 saturated heterocycles. The summed E-state index contributed by atoms with van der Waals surface area (Å²) in [4.78, 5) is 0. The van der Waals surface area contributed by atoms with E-state index >= 15 is 0 Å². The maximum atomic E-state index is 9.68. The average molecular weight is 256 g/mol. The number of para-hydroxylation sites is 1. The molecule has 0 bridgehead atoms. The number of hydrogen-bond donors (Lipinski definition) is 4. The lowest BCUT2D eigenvalue weighted by Crippen LogP contribution is -2.58. The van der Waals surface area contributed by atoms with Gasteiger partial charge >= 0.3 is 0 Å². The summed E-state index contributed by atoms with van der Waals surface area (Å²) in [5.74, 6) is 0.586. The highest BCUT2D eigenvalue weighted by Gasteiger charge is 2.43. The molecule has 1 aromatic carbocycles. The molecule has 1 fully saturated rings. The van der Waals surface area contributed by atoms with E-state index in [9.17, 15) is 20.4 Å². The fraction of sp³-hybridized carbons (Fsp3) is 0.500. The van der Waals surface area contributed by atoms with E-state index in [4.69, 9.17) is 9.47 Å². The third-order valence-corrected chi connectivity index (χ3v) is 2.84. The van der Waals surface area contributed by atoms with E-state index in [1.165, 1.54) is 0 Å². The molecule has 0 radical (unpaired) electrons. The minimum Gasteiger partial charge on any atom is -0.491 e. The molecule has 0 saturated carbocycles. The molecule has 2 rings (SSSR count). The monoisotopic (exact) mass is 256 g/mol. The SMILES string of the molecule is OC1O[C@H](COc2ccccc2)[C@H](O)[C@@H](O)[C@@H]1O. The van der Waals surface area contributed by atoms with Crippen molar-refractivity contribution in [3.8, 4) is 5.75 Å². The Bertz CT molecular complexity index is 370. The number of rotatable bonds is 3. The van der Waals surface area contributed by atoms with Gasteiger partial charge in [-0.25, -0.2) is 0 Å². The highest BCUT2D eigenvalue weighted by atomic mass is 16.6. The van der Waals surface area contributed by atoms with Gasteiger partial charge in [0.05, 0.1) is 0 Å². The largest absolute Gasteiger partial charge is 0.491 e. The van der Waals surface area contributed by atoms with Crippen LogP contribution in [-0.4, -0.2) is 57.7 Å². The quantitative estimate of drug-likeness (QED) is 0.546.